The maximum absolute atomic E-state index is 13.9. The summed E-state index contributed by atoms with van der Waals surface area (Å²) in [7, 11) is 0. The predicted octanol–water partition coefficient (Wildman–Crippen LogP) is 2.97. The lowest BCUT2D eigenvalue weighted by Crippen LogP contribution is -2.45. The molecule has 1 aliphatic heterocycles. The molecule has 1 aromatic heterocycles. The third kappa shape index (κ3) is 4.57. The van der Waals surface area contributed by atoms with Gasteiger partial charge in [0.05, 0.1) is 0 Å². The molecule has 2 aromatic rings. The molecule has 0 unspecified atom stereocenters. The van der Waals surface area contributed by atoms with Crippen LogP contribution < -0.4 is 16.1 Å². The molecule has 1 fully saturated rings. The molecule has 0 atom stereocenters. The molecule has 0 spiro atoms. The molecule has 0 saturated carbocycles. The van der Waals surface area contributed by atoms with Crippen LogP contribution in [-0.4, -0.2) is 46.1 Å². The molecule has 1 aliphatic rings. The Labute approximate surface area is 181 Å². The van der Waals surface area contributed by atoms with E-state index in [-0.39, 0.29) is 29.2 Å². The zero-order valence-corrected chi connectivity index (χ0v) is 18.9. The van der Waals surface area contributed by atoms with Gasteiger partial charge in [-0.3, -0.25) is 18.7 Å². The molecule has 1 amide bonds. The SMILES string of the molecule is Cc1ccc(C(=O)N2CCCN(c3cc(=O)n(C(C)C)c(=O)n3C(C)C)CC2)cc1F. The van der Waals surface area contributed by atoms with Crippen molar-refractivity contribution < 1.29 is 9.18 Å². The number of nitrogens with zero attached hydrogens (tertiary/aromatic N) is 4. The third-order valence-corrected chi connectivity index (χ3v) is 5.71. The van der Waals surface area contributed by atoms with Crippen molar-refractivity contribution >= 4 is 11.7 Å². The van der Waals surface area contributed by atoms with Crippen LogP contribution >= 0.6 is 0 Å². The van der Waals surface area contributed by atoms with Crippen LogP contribution in [-0.2, 0) is 0 Å². The zero-order chi connectivity index (χ0) is 22.9. The smallest absolute Gasteiger partial charge is 0.333 e. The average molecular weight is 431 g/mol. The normalized spacial score (nSPS) is 15.0. The van der Waals surface area contributed by atoms with Crippen molar-refractivity contribution in [2.24, 2.45) is 0 Å². The number of hydrogen-bond acceptors (Lipinski definition) is 4. The summed E-state index contributed by atoms with van der Waals surface area (Å²) >= 11 is 0. The van der Waals surface area contributed by atoms with Gasteiger partial charge < -0.3 is 9.80 Å². The molecule has 0 N–H and O–H groups in total. The van der Waals surface area contributed by atoms with E-state index in [0.29, 0.717) is 49.5 Å². The molecule has 31 heavy (non-hydrogen) atoms. The van der Waals surface area contributed by atoms with Crippen LogP contribution in [0.1, 0.15) is 62.1 Å². The highest BCUT2D eigenvalue weighted by atomic mass is 19.1. The Morgan fingerprint density at radius 2 is 1.61 bits per heavy atom. The number of amides is 1. The van der Waals surface area contributed by atoms with Gasteiger partial charge in [-0.05, 0) is 58.7 Å². The van der Waals surface area contributed by atoms with Gasteiger partial charge in [0.15, 0.2) is 0 Å². The average Bonchev–Trinajstić information content (AvgIpc) is 2.94. The van der Waals surface area contributed by atoms with Crippen LogP contribution in [0.4, 0.5) is 10.2 Å². The maximum atomic E-state index is 13.9. The largest absolute Gasteiger partial charge is 0.356 e. The van der Waals surface area contributed by atoms with Gasteiger partial charge in [-0.2, -0.15) is 0 Å². The van der Waals surface area contributed by atoms with Crippen molar-refractivity contribution in [3.8, 4) is 0 Å². The lowest BCUT2D eigenvalue weighted by Gasteiger charge is -2.28. The van der Waals surface area contributed by atoms with Crippen LogP contribution in [0.25, 0.3) is 0 Å². The number of carbonyl (C=O) groups is 1. The highest BCUT2D eigenvalue weighted by molar-refractivity contribution is 5.94. The first-order valence-corrected chi connectivity index (χ1v) is 10.8. The molecule has 7 nitrogen and oxygen atoms in total. The van der Waals surface area contributed by atoms with Gasteiger partial charge in [0.25, 0.3) is 11.5 Å². The molecule has 1 saturated heterocycles. The predicted molar refractivity (Wildman–Crippen MR) is 120 cm³/mol. The van der Waals surface area contributed by atoms with Crippen LogP contribution in [0, 0.1) is 12.7 Å². The quantitative estimate of drug-likeness (QED) is 0.748. The van der Waals surface area contributed by atoms with Gasteiger partial charge in [-0.15, -0.1) is 0 Å². The fourth-order valence-corrected chi connectivity index (χ4v) is 4.02. The summed E-state index contributed by atoms with van der Waals surface area (Å²) in [5, 5.41) is 0. The Bertz CT molecular complexity index is 1090. The fraction of sp³-hybridized carbons (Fsp3) is 0.522. The lowest BCUT2D eigenvalue weighted by atomic mass is 10.1. The van der Waals surface area contributed by atoms with E-state index in [1.807, 2.05) is 32.6 Å². The summed E-state index contributed by atoms with van der Waals surface area (Å²) in [6.07, 6.45) is 0.680. The number of aromatic nitrogens is 2. The van der Waals surface area contributed by atoms with Crippen molar-refractivity contribution in [1.29, 1.82) is 0 Å². The van der Waals surface area contributed by atoms with Crippen LogP contribution in [0.3, 0.4) is 0 Å². The first-order chi connectivity index (χ1) is 14.6. The summed E-state index contributed by atoms with van der Waals surface area (Å²) in [4.78, 5) is 42.3. The monoisotopic (exact) mass is 430 g/mol. The van der Waals surface area contributed by atoms with Gasteiger partial charge in [-0.1, -0.05) is 6.07 Å². The van der Waals surface area contributed by atoms with E-state index in [2.05, 4.69) is 0 Å². The van der Waals surface area contributed by atoms with Crippen molar-refractivity contribution in [1.82, 2.24) is 14.0 Å². The Morgan fingerprint density at radius 3 is 2.23 bits per heavy atom. The van der Waals surface area contributed by atoms with Gasteiger partial charge >= 0.3 is 5.69 Å². The number of rotatable bonds is 4. The van der Waals surface area contributed by atoms with E-state index in [4.69, 9.17) is 0 Å². The van der Waals surface area contributed by atoms with E-state index in [1.165, 1.54) is 16.7 Å². The molecular weight excluding hydrogens is 399 g/mol. The second kappa shape index (κ2) is 9.08. The van der Waals surface area contributed by atoms with E-state index < -0.39 is 5.82 Å². The van der Waals surface area contributed by atoms with Gasteiger partial charge in [-0.25, -0.2) is 9.18 Å². The molecule has 1 aromatic carbocycles. The Hall–Kier alpha value is -2.90. The summed E-state index contributed by atoms with van der Waals surface area (Å²) in [6.45, 7) is 11.2. The summed E-state index contributed by atoms with van der Waals surface area (Å²) in [6, 6.07) is 5.70. The molecule has 0 bridgehead atoms. The summed E-state index contributed by atoms with van der Waals surface area (Å²) in [5.41, 5.74) is 0.190. The van der Waals surface area contributed by atoms with E-state index >= 15 is 0 Å². The van der Waals surface area contributed by atoms with Crippen molar-refractivity contribution in [2.45, 2.75) is 53.1 Å². The molecule has 0 aliphatic carbocycles. The molecular formula is C23H31FN4O3. The van der Waals surface area contributed by atoms with E-state index in [1.54, 1.807) is 28.5 Å². The molecule has 2 heterocycles. The van der Waals surface area contributed by atoms with Gasteiger partial charge in [0.2, 0.25) is 0 Å². The molecule has 0 radical (unpaired) electrons. The number of anilines is 1. The maximum Gasteiger partial charge on any atom is 0.333 e. The van der Waals surface area contributed by atoms with Crippen LogP contribution in [0.15, 0.2) is 33.9 Å². The second-order valence-electron chi connectivity index (χ2n) is 8.65. The highest BCUT2D eigenvalue weighted by Crippen LogP contribution is 2.19. The number of carbonyl (C=O) groups excluding carboxylic acids is 1. The van der Waals surface area contributed by atoms with E-state index in [0.717, 1.165) is 0 Å². The minimum atomic E-state index is -0.394. The van der Waals surface area contributed by atoms with Gasteiger partial charge in [0, 0.05) is 49.9 Å². The molecule has 168 valence electrons. The number of aryl methyl sites for hydroxylation is 1. The van der Waals surface area contributed by atoms with Gasteiger partial charge in [0.1, 0.15) is 11.6 Å². The lowest BCUT2D eigenvalue weighted by molar-refractivity contribution is 0.0766. The standard InChI is InChI=1S/C23H31FN4O3/c1-15(2)27-20(14-21(29)28(16(3)4)23(27)31)25-9-6-10-26(12-11-25)22(30)18-8-7-17(5)19(24)13-18/h7-8,13-16H,6,9-12H2,1-5H3. The minimum absolute atomic E-state index is 0.121. The number of benzene rings is 1. The zero-order valence-electron chi connectivity index (χ0n) is 18.9. The molecule has 3 rings (SSSR count). The summed E-state index contributed by atoms with van der Waals surface area (Å²) in [5.74, 6) is -0.0243. The van der Waals surface area contributed by atoms with Crippen molar-refractivity contribution in [3.05, 3.63) is 62.0 Å². The summed E-state index contributed by atoms with van der Waals surface area (Å²) < 4.78 is 16.8. The van der Waals surface area contributed by atoms with Crippen LogP contribution in [0.2, 0.25) is 0 Å². The Balaban J connectivity index is 1.88. The van der Waals surface area contributed by atoms with Crippen LogP contribution in [0.5, 0.6) is 0 Å². The Kier molecular flexibility index (Phi) is 6.67. The minimum Gasteiger partial charge on any atom is -0.356 e. The van der Waals surface area contributed by atoms with E-state index in [9.17, 15) is 18.8 Å². The highest BCUT2D eigenvalue weighted by Gasteiger charge is 2.24. The Morgan fingerprint density at radius 1 is 0.935 bits per heavy atom. The molecule has 8 heteroatoms. The fourth-order valence-electron chi connectivity index (χ4n) is 4.02. The number of halogens is 1. The number of hydrogen-bond donors (Lipinski definition) is 0. The second-order valence-corrected chi connectivity index (χ2v) is 8.65. The first kappa shape index (κ1) is 22.8. The van der Waals surface area contributed by atoms with Crippen molar-refractivity contribution in [3.63, 3.8) is 0 Å². The topological polar surface area (TPSA) is 67.6 Å². The first-order valence-electron chi connectivity index (χ1n) is 10.8. The third-order valence-electron chi connectivity index (χ3n) is 5.71. The van der Waals surface area contributed by atoms with Crippen molar-refractivity contribution in [2.75, 3.05) is 31.1 Å².